The van der Waals surface area contributed by atoms with Crippen molar-refractivity contribution in [3.8, 4) is 5.75 Å². The number of benzene rings is 1. The first-order chi connectivity index (χ1) is 13.1. The molecule has 1 saturated heterocycles. The van der Waals surface area contributed by atoms with Crippen molar-refractivity contribution in [3.63, 3.8) is 0 Å². The van der Waals surface area contributed by atoms with Crippen LogP contribution in [0.15, 0.2) is 36.7 Å². The first-order valence-electron chi connectivity index (χ1n) is 8.38. The third-order valence-corrected chi connectivity index (χ3v) is 4.88. The molecule has 0 bridgehead atoms. The van der Waals surface area contributed by atoms with Gasteiger partial charge in [-0.25, -0.2) is 0 Å². The number of hydrogen-bond acceptors (Lipinski definition) is 6. The number of fused-ring (bicyclic) bond motifs is 1. The second-order valence-electron chi connectivity index (χ2n) is 6.06. The van der Waals surface area contributed by atoms with Crippen molar-refractivity contribution < 1.29 is 9.53 Å². The molecule has 0 N–H and O–H groups in total. The number of halogens is 2. The van der Waals surface area contributed by atoms with Gasteiger partial charge in [0.15, 0.2) is 12.3 Å². The van der Waals surface area contributed by atoms with Gasteiger partial charge in [-0.1, -0.05) is 23.2 Å². The zero-order chi connectivity index (χ0) is 18.8. The maximum atomic E-state index is 12.4. The van der Waals surface area contributed by atoms with Gasteiger partial charge in [-0.15, -0.1) is 15.3 Å². The van der Waals surface area contributed by atoms with Crippen LogP contribution in [0.2, 0.25) is 10.0 Å². The number of carbonyl (C=O) groups excluding carboxylic acids is 1. The fourth-order valence-corrected chi connectivity index (χ4v) is 3.36. The van der Waals surface area contributed by atoms with Crippen LogP contribution in [-0.4, -0.2) is 63.4 Å². The molecule has 0 spiro atoms. The highest BCUT2D eigenvalue weighted by atomic mass is 35.5. The molecule has 3 heterocycles. The van der Waals surface area contributed by atoms with Crippen molar-refractivity contribution in [3.05, 3.63) is 46.7 Å². The molecular weight excluding hydrogens is 391 g/mol. The van der Waals surface area contributed by atoms with Crippen molar-refractivity contribution in [1.29, 1.82) is 0 Å². The number of anilines is 1. The number of piperazine rings is 1. The predicted molar refractivity (Wildman–Crippen MR) is 102 cm³/mol. The number of rotatable bonds is 4. The Hall–Kier alpha value is -2.58. The zero-order valence-corrected chi connectivity index (χ0v) is 15.8. The Labute approximate surface area is 165 Å². The quantitative estimate of drug-likeness (QED) is 0.660. The van der Waals surface area contributed by atoms with E-state index < -0.39 is 0 Å². The van der Waals surface area contributed by atoms with Crippen molar-refractivity contribution >= 4 is 40.6 Å². The normalized spacial score (nSPS) is 14.6. The van der Waals surface area contributed by atoms with Crippen molar-refractivity contribution in [2.24, 2.45) is 0 Å². The lowest BCUT2D eigenvalue weighted by Crippen LogP contribution is -2.50. The molecule has 27 heavy (non-hydrogen) atoms. The standard InChI is InChI=1S/C17H16Cl2N6O2/c18-12-1-2-14(13(19)9-12)27-10-17(26)24-7-5-23(6-8-24)16-4-3-15-21-20-11-25(15)22-16/h1-4,9,11H,5-8,10H2. The topological polar surface area (TPSA) is 75.9 Å². The Morgan fingerprint density at radius 3 is 2.70 bits per heavy atom. The van der Waals surface area contributed by atoms with Crippen LogP contribution < -0.4 is 9.64 Å². The molecule has 10 heteroatoms. The predicted octanol–water partition coefficient (Wildman–Crippen LogP) is 2.16. The smallest absolute Gasteiger partial charge is 0.260 e. The fourth-order valence-electron chi connectivity index (χ4n) is 2.90. The summed E-state index contributed by atoms with van der Waals surface area (Å²) in [4.78, 5) is 16.3. The highest BCUT2D eigenvalue weighted by Gasteiger charge is 2.22. The van der Waals surface area contributed by atoms with Crippen LogP contribution in [0.1, 0.15) is 0 Å². The van der Waals surface area contributed by atoms with Crippen LogP contribution in [-0.2, 0) is 4.79 Å². The van der Waals surface area contributed by atoms with E-state index in [2.05, 4.69) is 20.2 Å². The lowest BCUT2D eigenvalue weighted by Gasteiger charge is -2.35. The number of amides is 1. The number of carbonyl (C=O) groups is 1. The number of aromatic nitrogens is 4. The van der Waals surface area contributed by atoms with Crippen LogP contribution in [0.3, 0.4) is 0 Å². The molecule has 1 aromatic carbocycles. The average Bonchev–Trinajstić information content (AvgIpc) is 3.15. The summed E-state index contributed by atoms with van der Waals surface area (Å²) in [7, 11) is 0. The number of hydrogen-bond donors (Lipinski definition) is 0. The number of nitrogens with zero attached hydrogens (tertiary/aromatic N) is 6. The lowest BCUT2D eigenvalue weighted by molar-refractivity contribution is -0.133. The van der Waals surface area contributed by atoms with Crippen molar-refractivity contribution in [2.45, 2.75) is 0 Å². The number of ether oxygens (including phenoxy) is 1. The Morgan fingerprint density at radius 1 is 1.11 bits per heavy atom. The van der Waals surface area contributed by atoms with Crippen molar-refractivity contribution in [2.75, 3.05) is 37.7 Å². The Balaban J connectivity index is 1.32. The molecule has 0 unspecified atom stereocenters. The molecule has 1 amide bonds. The third kappa shape index (κ3) is 3.91. The van der Waals surface area contributed by atoms with Gasteiger partial charge >= 0.3 is 0 Å². The van der Waals surface area contributed by atoms with E-state index >= 15 is 0 Å². The van der Waals surface area contributed by atoms with E-state index in [9.17, 15) is 4.79 Å². The first kappa shape index (κ1) is 17.8. The summed E-state index contributed by atoms with van der Waals surface area (Å²) in [5.74, 6) is 1.20. The Bertz CT molecular complexity index is 971. The summed E-state index contributed by atoms with van der Waals surface area (Å²) in [6.45, 7) is 2.51. The molecular formula is C17H16Cl2N6O2. The first-order valence-corrected chi connectivity index (χ1v) is 9.13. The van der Waals surface area contributed by atoms with Crippen molar-refractivity contribution in [1.82, 2.24) is 24.7 Å². The van der Waals surface area contributed by atoms with Crippen LogP contribution in [0.25, 0.3) is 5.65 Å². The van der Waals surface area contributed by atoms with Gasteiger partial charge in [-0.2, -0.15) is 4.52 Å². The minimum atomic E-state index is -0.0807. The maximum Gasteiger partial charge on any atom is 0.260 e. The van der Waals surface area contributed by atoms with E-state index in [1.54, 1.807) is 33.9 Å². The largest absolute Gasteiger partial charge is 0.482 e. The summed E-state index contributed by atoms with van der Waals surface area (Å²) < 4.78 is 7.17. The molecule has 0 saturated carbocycles. The highest BCUT2D eigenvalue weighted by molar-refractivity contribution is 6.35. The minimum Gasteiger partial charge on any atom is -0.482 e. The monoisotopic (exact) mass is 406 g/mol. The second-order valence-corrected chi connectivity index (χ2v) is 6.90. The molecule has 140 valence electrons. The summed E-state index contributed by atoms with van der Waals surface area (Å²) in [5.41, 5.74) is 0.700. The molecule has 4 rings (SSSR count). The molecule has 0 aliphatic carbocycles. The minimum absolute atomic E-state index is 0.0632. The van der Waals surface area contributed by atoms with Gasteiger partial charge in [0.1, 0.15) is 17.9 Å². The summed E-state index contributed by atoms with van der Waals surface area (Å²) in [5, 5.41) is 13.2. The Kier molecular flexibility index (Phi) is 5.00. The average molecular weight is 407 g/mol. The maximum absolute atomic E-state index is 12.4. The zero-order valence-electron chi connectivity index (χ0n) is 14.3. The molecule has 3 aromatic rings. The molecule has 1 aliphatic rings. The van der Waals surface area contributed by atoms with E-state index in [0.29, 0.717) is 47.6 Å². The molecule has 1 fully saturated rings. The van der Waals surface area contributed by atoms with E-state index in [1.807, 2.05) is 12.1 Å². The van der Waals surface area contributed by atoms with Gasteiger partial charge in [0.05, 0.1) is 5.02 Å². The van der Waals surface area contributed by atoms with Crippen LogP contribution >= 0.6 is 23.2 Å². The van der Waals surface area contributed by atoms with E-state index in [0.717, 1.165) is 5.82 Å². The van der Waals surface area contributed by atoms with Gasteiger partial charge in [0, 0.05) is 31.2 Å². The van der Waals surface area contributed by atoms with Crippen LogP contribution in [0.4, 0.5) is 5.82 Å². The molecule has 0 atom stereocenters. The van der Waals surface area contributed by atoms with Gasteiger partial charge in [-0.05, 0) is 30.3 Å². The Morgan fingerprint density at radius 2 is 1.93 bits per heavy atom. The van der Waals surface area contributed by atoms with Gasteiger partial charge in [0.2, 0.25) is 0 Å². The lowest BCUT2D eigenvalue weighted by atomic mass is 10.3. The van der Waals surface area contributed by atoms with E-state index in [4.69, 9.17) is 27.9 Å². The molecule has 2 aromatic heterocycles. The molecule has 8 nitrogen and oxygen atoms in total. The van der Waals surface area contributed by atoms with Gasteiger partial charge in [-0.3, -0.25) is 4.79 Å². The molecule has 1 aliphatic heterocycles. The van der Waals surface area contributed by atoms with Gasteiger partial charge in [0.25, 0.3) is 5.91 Å². The van der Waals surface area contributed by atoms with E-state index in [-0.39, 0.29) is 12.5 Å². The van der Waals surface area contributed by atoms with E-state index in [1.165, 1.54) is 0 Å². The third-order valence-electron chi connectivity index (χ3n) is 4.35. The second kappa shape index (κ2) is 7.58. The summed E-state index contributed by atoms with van der Waals surface area (Å²) in [6, 6.07) is 8.69. The highest BCUT2D eigenvalue weighted by Crippen LogP contribution is 2.27. The summed E-state index contributed by atoms with van der Waals surface area (Å²) in [6.07, 6.45) is 1.57. The van der Waals surface area contributed by atoms with Crippen LogP contribution in [0, 0.1) is 0 Å². The summed E-state index contributed by atoms with van der Waals surface area (Å²) >= 11 is 11.9. The molecule has 0 radical (unpaired) electrons. The van der Waals surface area contributed by atoms with Gasteiger partial charge < -0.3 is 14.5 Å². The SMILES string of the molecule is O=C(COc1ccc(Cl)cc1Cl)N1CCN(c2ccc3nncn3n2)CC1. The fraction of sp³-hybridized carbons (Fsp3) is 0.294. The van der Waals surface area contributed by atoms with Crippen LogP contribution in [0.5, 0.6) is 5.75 Å².